The van der Waals surface area contributed by atoms with E-state index in [1.54, 1.807) is 0 Å². The van der Waals surface area contributed by atoms with Crippen LogP contribution in [0.5, 0.6) is 0 Å². The van der Waals surface area contributed by atoms with Gasteiger partial charge < -0.3 is 10.2 Å². The number of rotatable bonds is 4. The molecule has 78 valence electrons. The van der Waals surface area contributed by atoms with E-state index in [9.17, 15) is 8.78 Å². The fourth-order valence-corrected chi connectivity index (χ4v) is 1.43. The predicted octanol–water partition coefficient (Wildman–Crippen LogP) is 1.33. The van der Waals surface area contributed by atoms with Gasteiger partial charge >= 0.3 is 0 Å². The van der Waals surface area contributed by atoms with E-state index in [0.29, 0.717) is 6.54 Å². The summed E-state index contributed by atoms with van der Waals surface area (Å²) in [6, 6.07) is 0. The first kappa shape index (κ1) is 10.9. The van der Waals surface area contributed by atoms with Crippen LogP contribution in [0.2, 0.25) is 0 Å². The molecule has 0 atom stereocenters. The van der Waals surface area contributed by atoms with Crippen molar-refractivity contribution in [1.82, 2.24) is 10.2 Å². The molecule has 4 heteroatoms. The van der Waals surface area contributed by atoms with E-state index < -0.39 is 5.92 Å². The Labute approximate surface area is 78.3 Å². The molecule has 2 nitrogen and oxygen atoms in total. The molecule has 0 radical (unpaired) electrons. The highest BCUT2D eigenvalue weighted by atomic mass is 19.3. The van der Waals surface area contributed by atoms with E-state index >= 15 is 0 Å². The zero-order chi connectivity index (χ0) is 9.73. The lowest BCUT2D eigenvalue weighted by Crippen LogP contribution is -2.44. The van der Waals surface area contributed by atoms with Gasteiger partial charge in [0.1, 0.15) is 0 Å². The Morgan fingerprint density at radius 1 is 1.31 bits per heavy atom. The Bertz CT molecular complexity index is 145. The van der Waals surface area contributed by atoms with E-state index in [0.717, 1.165) is 26.2 Å². The van der Waals surface area contributed by atoms with Gasteiger partial charge in [-0.1, -0.05) is 6.92 Å². The molecule has 0 bridgehead atoms. The van der Waals surface area contributed by atoms with Gasteiger partial charge in [0.05, 0.1) is 0 Å². The van der Waals surface area contributed by atoms with E-state index in [1.807, 2.05) is 0 Å². The fraction of sp³-hybridized carbons (Fsp3) is 1.00. The molecule has 1 saturated heterocycles. The van der Waals surface area contributed by atoms with Crippen LogP contribution in [0, 0.1) is 0 Å². The summed E-state index contributed by atoms with van der Waals surface area (Å²) in [5, 5.41) is 3.20. The minimum atomic E-state index is -2.47. The van der Waals surface area contributed by atoms with Gasteiger partial charge in [0.2, 0.25) is 5.92 Å². The minimum absolute atomic E-state index is 0.00347. The number of nitrogens with zero attached hydrogens (tertiary/aromatic N) is 1. The van der Waals surface area contributed by atoms with Crippen molar-refractivity contribution in [3.8, 4) is 0 Å². The molecular formula is C9H18F2N2. The normalized spacial score (nSPS) is 20.5. The highest BCUT2D eigenvalue weighted by Gasteiger charge is 2.26. The molecule has 1 N–H and O–H groups in total. The minimum Gasteiger partial charge on any atom is -0.314 e. The quantitative estimate of drug-likeness (QED) is 0.723. The molecule has 0 unspecified atom stereocenters. The van der Waals surface area contributed by atoms with Gasteiger partial charge in [-0.3, -0.25) is 0 Å². The van der Waals surface area contributed by atoms with Crippen LogP contribution in [-0.4, -0.2) is 43.5 Å². The number of piperazine rings is 1. The van der Waals surface area contributed by atoms with Crippen molar-refractivity contribution in [2.45, 2.75) is 25.7 Å². The van der Waals surface area contributed by atoms with Crippen molar-refractivity contribution in [3.63, 3.8) is 0 Å². The van der Waals surface area contributed by atoms with Crippen molar-refractivity contribution in [2.24, 2.45) is 0 Å². The summed E-state index contributed by atoms with van der Waals surface area (Å²) in [4.78, 5) is 2.10. The Morgan fingerprint density at radius 2 is 1.92 bits per heavy atom. The summed E-state index contributed by atoms with van der Waals surface area (Å²) < 4.78 is 25.7. The van der Waals surface area contributed by atoms with Crippen molar-refractivity contribution >= 4 is 0 Å². The van der Waals surface area contributed by atoms with Gasteiger partial charge in [-0.25, -0.2) is 8.78 Å². The van der Waals surface area contributed by atoms with E-state index in [4.69, 9.17) is 0 Å². The first-order valence-corrected chi connectivity index (χ1v) is 4.95. The van der Waals surface area contributed by atoms with Gasteiger partial charge in [0, 0.05) is 45.6 Å². The Balaban J connectivity index is 2.17. The SMILES string of the molecule is CCC(F)(F)CCN1CCNCC1. The lowest BCUT2D eigenvalue weighted by molar-refractivity contribution is -0.0203. The monoisotopic (exact) mass is 192 g/mol. The summed E-state index contributed by atoms with van der Waals surface area (Å²) >= 11 is 0. The Morgan fingerprint density at radius 3 is 2.46 bits per heavy atom. The lowest BCUT2D eigenvalue weighted by Gasteiger charge is -2.28. The van der Waals surface area contributed by atoms with Crippen molar-refractivity contribution in [1.29, 1.82) is 0 Å². The highest BCUT2D eigenvalue weighted by Crippen LogP contribution is 2.22. The molecule has 0 aromatic heterocycles. The molecule has 0 saturated carbocycles. The Hall–Kier alpha value is -0.220. The third-order valence-electron chi connectivity index (χ3n) is 2.52. The second kappa shape index (κ2) is 4.86. The lowest BCUT2D eigenvalue weighted by atomic mass is 10.2. The summed E-state index contributed by atoms with van der Waals surface area (Å²) in [5.74, 6) is -2.47. The first-order chi connectivity index (χ1) is 6.14. The molecule has 1 rings (SSSR count). The number of hydrogen-bond donors (Lipinski definition) is 1. The molecule has 0 aromatic carbocycles. The molecule has 0 spiro atoms. The first-order valence-electron chi connectivity index (χ1n) is 4.95. The van der Waals surface area contributed by atoms with E-state index in [2.05, 4.69) is 10.2 Å². The number of alkyl halides is 2. The molecule has 1 aliphatic heterocycles. The largest absolute Gasteiger partial charge is 0.314 e. The molecule has 0 aliphatic carbocycles. The van der Waals surface area contributed by atoms with Gasteiger partial charge in [-0.15, -0.1) is 0 Å². The van der Waals surface area contributed by atoms with Gasteiger partial charge in [0.25, 0.3) is 0 Å². The van der Waals surface area contributed by atoms with E-state index in [-0.39, 0.29) is 12.8 Å². The van der Waals surface area contributed by atoms with Crippen LogP contribution in [-0.2, 0) is 0 Å². The van der Waals surface area contributed by atoms with Gasteiger partial charge in [-0.05, 0) is 0 Å². The van der Waals surface area contributed by atoms with Crippen molar-refractivity contribution < 1.29 is 8.78 Å². The maximum atomic E-state index is 12.9. The van der Waals surface area contributed by atoms with Crippen LogP contribution in [0.25, 0.3) is 0 Å². The topological polar surface area (TPSA) is 15.3 Å². The van der Waals surface area contributed by atoms with Crippen LogP contribution in [0.1, 0.15) is 19.8 Å². The molecule has 1 heterocycles. The summed E-state index contributed by atoms with van der Waals surface area (Å²) in [7, 11) is 0. The molecule has 1 fully saturated rings. The zero-order valence-electron chi connectivity index (χ0n) is 8.15. The summed E-state index contributed by atoms with van der Waals surface area (Å²) in [6.45, 7) is 5.73. The summed E-state index contributed by atoms with van der Waals surface area (Å²) in [5.41, 5.74) is 0. The third-order valence-corrected chi connectivity index (χ3v) is 2.52. The molecular weight excluding hydrogens is 174 g/mol. The number of nitrogens with one attached hydrogen (secondary N) is 1. The highest BCUT2D eigenvalue weighted by molar-refractivity contribution is 4.71. The van der Waals surface area contributed by atoms with Crippen LogP contribution < -0.4 is 5.32 Å². The molecule has 1 aliphatic rings. The number of hydrogen-bond acceptors (Lipinski definition) is 2. The van der Waals surface area contributed by atoms with Crippen LogP contribution in [0.15, 0.2) is 0 Å². The maximum Gasteiger partial charge on any atom is 0.249 e. The van der Waals surface area contributed by atoms with Crippen molar-refractivity contribution in [3.05, 3.63) is 0 Å². The predicted molar refractivity (Wildman–Crippen MR) is 49.2 cm³/mol. The second-order valence-electron chi connectivity index (χ2n) is 3.55. The molecule has 0 aromatic rings. The average Bonchev–Trinajstić information content (AvgIpc) is 2.17. The zero-order valence-corrected chi connectivity index (χ0v) is 8.15. The number of halogens is 2. The maximum absolute atomic E-state index is 12.9. The third kappa shape index (κ3) is 4.00. The fourth-order valence-electron chi connectivity index (χ4n) is 1.43. The van der Waals surface area contributed by atoms with Crippen LogP contribution in [0.4, 0.5) is 8.78 Å². The second-order valence-corrected chi connectivity index (χ2v) is 3.55. The van der Waals surface area contributed by atoms with E-state index in [1.165, 1.54) is 6.92 Å². The Kier molecular flexibility index (Phi) is 4.06. The van der Waals surface area contributed by atoms with Crippen LogP contribution >= 0.6 is 0 Å². The van der Waals surface area contributed by atoms with Crippen molar-refractivity contribution in [2.75, 3.05) is 32.7 Å². The summed E-state index contributed by atoms with van der Waals surface area (Å²) in [6.07, 6.45) is -0.0391. The average molecular weight is 192 g/mol. The molecule has 13 heavy (non-hydrogen) atoms. The standard InChI is InChI=1S/C9H18F2N2/c1-2-9(10,11)3-6-13-7-4-12-5-8-13/h12H,2-8H2,1H3. The van der Waals surface area contributed by atoms with Gasteiger partial charge in [0.15, 0.2) is 0 Å². The van der Waals surface area contributed by atoms with Gasteiger partial charge in [-0.2, -0.15) is 0 Å². The van der Waals surface area contributed by atoms with Crippen LogP contribution in [0.3, 0.4) is 0 Å². The smallest absolute Gasteiger partial charge is 0.249 e. The molecule has 0 amide bonds.